The quantitative estimate of drug-likeness (QED) is 0.890. The molecule has 0 atom stereocenters. The van der Waals surface area contributed by atoms with E-state index in [1.807, 2.05) is 24.3 Å². The molecular weight excluding hydrogens is 286 g/mol. The summed E-state index contributed by atoms with van der Waals surface area (Å²) in [7, 11) is 0. The topological polar surface area (TPSA) is 68.0 Å². The number of nitrogens with two attached hydrogens (primary N) is 1. The second kappa shape index (κ2) is 6.59. The fraction of sp³-hybridized carbons (Fsp3) is 0.250. The van der Waals surface area contributed by atoms with Crippen molar-refractivity contribution < 1.29 is 4.79 Å². The SMILES string of the molecule is CC(C)(C)c1ccccc1NC(=O)c1cccc(N)n1.Cl. The molecule has 0 saturated heterocycles. The van der Waals surface area contributed by atoms with E-state index >= 15 is 0 Å². The summed E-state index contributed by atoms with van der Waals surface area (Å²) < 4.78 is 0. The third-order valence-electron chi connectivity index (χ3n) is 2.99. The molecule has 0 aliphatic heterocycles. The highest BCUT2D eigenvalue weighted by Crippen LogP contribution is 2.29. The number of hydrogen-bond donors (Lipinski definition) is 2. The van der Waals surface area contributed by atoms with Gasteiger partial charge in [-0.25, -0.2) is 4.98 Å². The Labute approximate surface area is 131 Å². The van der Waals surface area contributed by atoms with Crippen LogP contribution in [0.25, 0.3) is 0 Å². The monoisotopic (exact) mass is 305 g/mol. The number of aromatic nitrogens is 1. The lowest BCUT2D eigenvalue weighted by Gasteiger charge is -2.22. The first-order valence-corrected chi connectivity index (χ1v) is 6.51. The molecule has 4 nitrogen and oxygen atoms in total. The van der Waals surface area contributed by atoms with Gasteiger partial charge in [0.15, 0.2) is 0 Å². The van der Waals surface area contributed by atoms with Crippen molar-refractivity contribution in [2.24, 2.45) is 0 Å². The normalized spacial score (nSPS) is 10.6. The summed E-state index contributed by atoms with van der Waals surface area (Å²) in [5.74, 6) is 0.0794. The summed E-state index contributed by atoms with van der Waals surface area (Å²) in [6, 6.07) is 12.8. The fourth-order valence-corrected chi connectivity index (χ4v) is 2.01. The molecule has 21 heavy (non-hydrogen) atoms. The lowest BCUT2D eigenvalue weighted by atomic mass is 9.86. The Kier molecular flexibility index (Phi) is 5.33. The Morgan fingerprint density at radius 2 is 1.76 bits per heavy atom. The number of amides is 1. The second-order valence-electron chi connectivity index (χ2n) is 5.70. The molecule has 3 N–H and O–H groups in total. The van der Waals surface area contributed by atoms with Crippen LogP contribution in [0.1, 0.15) is 36.8 Å². The summed E-state index contributed by atoms with van der Waals surface area (Å²) in [5, 5.41) is 2.90. The number of nitrogens with zero attached hydrogens (tertiary/aromatic N) is 1. The van der Waals surface area contributed by atoms with Crippen LogP contribution >= 0.6 is 12.4 Å². The highest BCUT2D eigenvalue weighted by Gasteiger charge is 2.19. The maximum atomic E-state index is 12.2. The molecule has 0 saturated carbocycles. The van der Waals surface area contributed by atoms with E-state index < -0.39 is 0 Å². The zero-order valence-electron chi connectivity index (χ0n) is 12.4. The van der Waals surface area contributed by atoms with Crippen molar-refractivity contribution in [2.75, 3.05) is 11.1 Å². The van der Waals surface area contributed by atoms with Crippen LogP contribution in [0.5, 0.6) is 0 Å². The summed E-state index contributed by atoms with van der Waals surface area (Å²) in [4.78, 5) is 16.2. The summed E-state index contributed by atoms with van der Waals surface area (Å²) in [6.45, 7) is 6.32. The molecule has 0 radical (unpaired) electrons. The van der Waals surface area contributed by atoms with E-state index in [1.54, 1.807) is 18.2 Å². The number of carbonyl (C=O) groups excluding carboxylic acids is 1. The Morgan fingerprint density at radius 1 is 1.10 bits per heavy atom. The Morgan fingerprint density at radius 3 is 2.38 bits per heavy atom. The van der Waals surface area contributed by atoms with E-state index in [0.29, 0.717) is 11.5 Å². The number of hydrogen-bond acceptors (Lipinski definition) is 3. The van der Waals surface area contributed by atoms with Crippen molar-refractivity contribution in [3.8, 4) is 0 Å². The van der Waals surface area contributed by atoms with Crippen LogP contribution in [0, 0.1) is 0 Å². The van der Waals surface area contributed by atoms with Gasteiger partial charge in [0.2, 0.25) is 0 Å². The predicted octanol–water partition coefficient (Wildman–Crippen LogP) is 3.64. The van der Waals surface area contributed by atoms with Gasteiger partial charge in [-0.05, 0) is 29.2 Å². The molecule has 2 aromatic rings. The zero-order chi connectivity index (χ0) is 14.8. The number of nitrogen functional groups attached to an aromatic ring is 1. The number of rotatable bonds is 2. The number of benzene rings is 1. The van der Waals surface area contributed by atoms with Crippen molar-refractivity contribution >= 4 is 29.8 Å². The van der Waals surface area contributed by atoms with Crippen LogP contribution in [-0.2, 0) is 5.41 Å². The van der Waals surface area contributed by atoms with Gasteiger partial charge in [0.05, 0.1) is 0 Å². The standard InChI is InChI=1S/C16H19N3O.ClH/c1-16(2,3)11-7-4-5-8-12(11)19-15(20)13-9-6-10-14(17)18-13;/h4-10H,1-3H3,(H2,17,18)(H,19,20);1H. The summed E-state index contributed by atoms with van der Waals surface area (Å²) in [5.41, 5.74) is 7.74. The fourth-order valence-electron chi connectivity index (χ4n) is 2.01. The number of carbonyl (C=O) groups is 1. The Bertz CT molecular complexity index is 635. The Balaban J connectivity index is 0.00000220. The van der Waals surface area contributed by atoms with Gasteiger partial charge in [-0.1, -0.05) is 45.0 Å². The maximum absolute atomic E-state index is 12.2. The van der Waals surface area contributed by atoms with Gasteiger partial charge in [-0.2, -0.15) is 0 Å². The smallest absolute Gasteiger partial charge is 0.274 e. The van der Waals surface area contributed by atoms with Crippen molar-refractivity contribution in [2.45, 2.75) is 26.2 Å². The zero-order valence-corrected chi connectivity index (χ0v) is 13.2. The molecule has 0 aliphatic carbocycles. The molecule has 0 fully saturated rings. The molecule has 1 aromatic carbocycles. The van der Waals surface area contributed by atoms with Gasteiger partial charge in [0.1, 0.15) is 11.5 Å². The molecule has 0 spiro atoms. The minimum atomic E-state index is -0.256. The average Bonchev–Trinajstić information content (AvgIpc) is 2.38. The van der Waals surface area contributed by atoms with Gasteiger partial charge in [0.25, 0.3) is 5.91 Å². The number of para-hydroxylation sites is 1. The van der Waals surface area contributed by atoms with E-state index in [9.17, 15) is 4.79 Å². The first kappa shape index (κ1) is 17.0. The molecule has 1 amide bonds. The van der Waals surface area contributed by atoms with Gasteiger partial charge >= 0.3 is 0 Å². The van der Waals surface area contributed by atoms with E-state index in [1.165, 1.54) is 0 Å². The van der Waals surface area contributed by atoms with Crippen molar-refractivity contribution in [1.82, 2.24) is 4.98 Å². The minimum Gasteiger partial charge on any atom is -0.384 e. The highest BCUT2D eigenvalue weighted by atomic mass is 35.5. The van der Waals surface area contributed by atoms with E-state index in [2.05, 4.69) is 31.1 Å². The minimum absolute atomic E-state index is 0. The van der Waals surface area contributed by atoms with Crippen LogP contribution < -0.4 is 11.1 Å². The Hall–Kier alpha value is -2.07. The lowest BCUT2D eigenvalue weighted by molar-refractivity contribution is 0.102. The van der Waals surface area contributed by atoms with E-state index in [-0.39, 0.29) is 23.7 Å². The molecule has 1 heterocycles. The summed E-state index contributed by atoms with van der Waals surface area (Å²) in [6.07, 6.45) is 0. The van der Waals surface area contributed by atoms with E-state index in [0.717, 1.165) is 11.3 Å². The van der Waals surface area contributed by atoms with E-state index in [4.69, 9.17) is 5.73 Å². The molecule has 0 unspecified atom stereocenters. The first-order chi connectivity index (χ1) is 9.38. The van der Waals surface area contributed by atoms with Crippen LogP contribution in [0.15, 0.2) is 42.5 Å². The van der Waals surface area contributed by atoms with Crippen LogP contribution in [-0.4, -0.2) is 10.9 Å². The number of anilines is 2. The maximum Gasteiger partial charge on any atom is 0.274 e. The van der Waals surface area contributed by atoms with Crippen molar-refractivity contribution in [3.05, 3.63) is 53.7 Å². The lowest BCUT2D eigenvalue weighted by Crippen LogP contribution is -2.19. The third kappa shape index (κ3) is 4.20. The van der Waals surface area contributed by atoms with Crippen LogP contribution in [0.4, 0.5) is 11.5 Å². The van der Waals surface area contributed by atoms with Crippen molar-refractivity contribution in [1.29, 1.82) is 0 Å². The molecule has 1 aromatic heterocycles. The van der Waals surface area contributed by atoms with Crippen LogP contribution in [0.3, 0.4) is 0 Å². The first-order valence-electron chi connectivity index (χ1n) is 6.51. The predicted molar refractivity (Wildman–Crippen MR) is 89.0 cm³/mol. The molecule has 0 aliphatic rings. The van der Waals surface area contributed by atoms with Gasteiger partial charge < -0.3 is 11.1 Å². The van der Waals surface area contributed by atoms with Crippen LogP contribution in [0.2, 0.25) is 0 Å². The highest BCUT2D eigenvalue weighted by molar-refractivity contribution is 6.03. The number of halogens is 1. The molecule has 0 bridgehead atoms. The average molecular weight is 306 g/mol. The molecule has 5 heteroatoms. The molecular formula is C16H20ClN3O. The summed E-state index contributed by atoms with van der Waals surface area (Å²) >= 11 is 0. The van der Waals surface area contributed by atoms with Gasteiger partial charge in [0, 0.05) is 5.69 Å². The molecule has 112 valence electrons. The molecule has 2 rings (SSSR count). The third-order valence-corrected chi connectivity index (χ3v) is 2.99. The largest absolute Gasteiger partial charge is 0.384 e. The second-order valence-corrected chi connectivity index (χ2v) is 5.70. The number of pyridine rings is 1. The van der Waals surface area contributed by atoms with Crippen molar-refractivity contribution in [3.63, 3.8) is 0 Å². The number of nitrogens with one attached hydrogen (secondary N) is 1. The van der Waals surface area contributed by atoms with Gasteiger partial charge in [-0.3, -0.25) is 4.79 Å². The van der Waals surface area contributed by atoms with Gasteiger partial charge in [-0.15, -0.1) is 12.4 Å².